The number of guanidine groups is 1. The summed E-state index contributed by atoms with van der Waals surface area (Å²) in [6, 6.07) is 12.2. The largest absolute Gasteiger partial charge is 0.480 e. The number of rotatable bonds is 17. The molecular formula is C32H44N8O7. The normalized spacial score (nSPS) is 16.6. The monoisotopic (exact) mass is 652 g/mol. The zero-order valence-corrected chi connectivity index (χ0v) is 26.1. The summed E-state index contributed by atoms with van der Waals surface area (Å²) in [4.78, 5) is 70.3. The average molecular weight is 653 g/mol. The fraction of sp³-hybridized carbons (Fsp3) is 0.438. The minimum Gasteiger partial charge on any atom is -0.480 e. The number of aliphatic hydroxyl groups excluding tert-OH is 1. The molecule has 0 unspecified atom stereocenters. The fourth-order valence-electron chi connectivity index (χ4n) is 5.29. The second-order valence-electron chi connectivity index (χ2n) is 11.3. The Morgan fingerprint density at radius 2 is 1.45 bits per heavy atom. The van der Waals surface area contributed by atoms with E-state index in [1.165, 1.54) is 4.90 Å². The lowest BCUT2D eigenvalue weighted by atomic mass is 10.0. The molecule has 1 aliphatic rings. The summed E-state index contributed by atoms with van der Waals surface area (Å²) in [5.74, 6) is -4.05. The van der Waals surface area contributed by atoms with E-state index in [1.807, 2.05) is 30.3 Å². The van der Waals surface area contributed by atoms with Crippen molar-refractivity contribution in [1.82, 2.24) is 20.9 Å². The fourth-order valence-corrected chi connectivity index (χ4v) is 5.29. The summed E-state index contributed by atoms with van der Waals surface area (Å²) in [7, 11) is 0. The molecule has 1 aliphatic heterocycles. The number of nitrogens with two attached hydrogens (primary N) is 3. The molecule has 0 spiro atoms. The molecule has 11 N–H and O–H groups in total. The van der Waals surface area contributed by atoms with Gasteiger partial charge in [-0.05, 0) is 43.2 Å². The lowest BCUT2D eigenvalue weighted by molar-refractivity contribution is -0.144. The Morgan fingerprint density at radius 1 is 0.851 bits per heavy atom. The second kappa shape index (κ2) is 18.2. The third-order valence-electron chi connectivity index (χ3n) is 7.75. The van der Waals surface area contributed by atoms with E-state index in [0.717, 1.165) is 5.56 Å². The number of amides is 4. The Bertz CT molecular complexity index is 1390. The third-order valence-corrected chi connectivity index (χ3v) is 7.75. The quantitative estimate of drug-likeness (QED) is 0.0550. The van der Waals surface area contributed by atoms with Crippen LogP contribution in [0.1, 0.15) is 36.8 Å². The van der Waals surface area contributed by atoms with Crippen LogP contribution in [-0.2, 0) is 36.8 Å². The van der Waals surface area contributed by atoms with Crippen LogP contribution in [0.25, 0.3) is 0 Å². The van der Waals surface area contributed by atoms with Crippen LogP contribution in [0.2, 0.25) is 0 Å². The number of aliphatic imine (C=N–C) groups is 1. The maximum absolute atomic E-state index is 13.6. The zero-order valence-electron chi connectivity index (χ0n) is 26.1. The highest BCUT2D eigenvalue weighted by atomic mass is 16.4. The van der Waals surface area contributed by atoms with Gasteiger partial charge in [0.25, 0.3) is 0 Å². The van der Waals surface area contributed by atoms with Crippen molar-refractivity contribution in [3.05, 3.63) is 71.8 Å². The van der Waals surface area contributed by atoms with Crippen LogP contribution in [0.3, 0.4) is 0 Å². The van der Waals surface area contributed by atoms with Gasteiger partial charge in [-0.3, -0.25) is 24.2 Å². The van der Waals surface area contributed by atoms with Gasteiger partial charge >= 0.3 is 5.97 Å². The minimum absolute atomic E-state index is 0.0397. The van der Waals surface area contributed by atoms with Crippen molar-refractivity contribution >= 4 is 35.6 Å². The van der Waals surface area contributed by atoms with Gasteiger partial charge in [-0.1, -0.05) is 60.7 Å². The highest BCUT2D eigenvalue weighted by molar-refractivity contribution is 5.96. The van der Waals surface area contributed by atoms with Crippen LogP contribution < -0.4 is 33.2 Å². The van der Waals surface area contributed by atoms with Gasteiger partial charge in [0.2, 0.25) is 23.6 Å². The van der Waals surface area contributed by atoms with E-state index in [9.17, 15) is 34.2 Å². The topological polar surface area (TPSA) is 256 Å². The van der Waals surface area contributed by atoms with Gasteiger partial charge in [0.1, 0.15) is 24.2 Å². The molecule has 2 aromatic carbocycles. The summed E-state index contributed by atoms with van der Waals surface area (Å²) in [6.45, 7) is -0.357. The Balaban J connectivity index is 1.69. The van der Waals surface area contributed by atoms with Gasteiger partial charge in [-0.2, -0.15) is 0 Å². The number of carboxylic acid groups (broad SMARTS) is 1. The van der Waals surface area contributed by atoms with E-state index >= 15 is 0 Å². The predicted octanol–water partition coefficient (Wildman–Crippen LogP) is -1.62. The molecule has 0 radical (unpaired) electrons. The minimum atomic E-state index is -1.34. The molecule has 0 saturated carbocycles. The van der Waals surface area contributed by atoms with Gasteiger partial charge in [-0.25, -0.2) is 4.79 Å². The van der Waals surface area contributed by atoms with Crippen LogP contribution in [0, 0.1) is 0 Å². The molecule has 1 fully saturated rings. The van der Waals surface area contributed by atoms with Crippen molar-refractivity contribution in [1.29, 1.82) is 0 Å². The average Bonchev–Trinajstić information content (AvgIpc) is 3.55. The number of benzene rings is 2. The summed E-state index contributed by atoms with van der Waals surface area (Å²) >= 11 is 0. The summed E-state index contributed by atoms with van der Waals surface area (Å²) < 4.78 is 0. The number of nitrogens with one attached hydrogen (secondary N) is 3. The first-order valence-electron chi connectivity index (χ1n) is 15.4. The number of aliphatic hydroxyl groups is 1. The Kier molecular flexibility index (Phi) is 14.1. The third kappa shape index (κ3) is 11.4. The number of carboxylic acids is 1. The number of nitrogens with zero attached hydrogens (tertiary/aromatic N) is 2. The molecule has 3 rings (SSSR count). The lowest BCUT2D eigenvalue weighted by Crippen LogP contribution is -2.59. The molecular weight excluding hydrogens is 608 g/mol. The maximum atomic E-state index is 13.6. The predicted molar refractivity (Wildman–Crippen MR) is 173 cm³/mol. The molecule has 254 valence electrons. The summed E-state index contributed by atoms with van der Waals surface area (Å²) in [5, 5.41) is 27.4. The first-order chi connectivity index (χ1) is 22.5. The molecule has 1 saturated heterocycles. The van der Waals surface area contributed by atoms with Crippen LogP contribution in [0.15, 0.2) is 65.7 Å². The Hall–Kier alpha value is -5.02. The first-order valence-corrected chi connectivity index (χ1v) is 15.4. The van der Waals surface area contributed by atoms with E-state index in [2.05, 4.69) is 20.9 Å². The number of hydrogen-bond acceptors (Lipinski definition) is 8. The molecule has 5 atom stereocenters. The van der Waals surface area contributed by atoms with Gasteiger partial charge in [-0.15, -0.1) is 0 Å². The smallest absolute Gasteiger partial charge is 0.326 e. The lowest BCUT2D eigenvalue weighted by Gasteiger charge is -2.30. The number of carbonyl (C=O) groups is 5. The first kappa shape index (κ1) is 36.4. The van der Waals surface area contributed by atoms with Crippen molar-refractivity contribution in [3.8, 4) is 0 Å². The van der Waals surface area contributed by atoms with Crippen molar-refractivity contribution in [2.24, 2.45) is 22.2 Å². The van der Waals surface area contributed by atoms with E-state index in [-0.39, 0.29) is 51.2 Å². The van der Waals surface area contributed by atoms with Crippen molar-refractivity contribution < 1.29 is 34.2 Å². The van der Waals surface area contributed by atoms with Gasteiger partial charge in [0, 0.05) is 19.5 Å². The maximum Gasteiger partial charge on any atom is 0.326 e. The van der Waals surface area contributed by atoms with Crippen molar-refractivity contribution in [2.45, 2.75) is 68.7 Å². The van der Waals surface area contributed by atoms with E-state index in [4.69, 9.17) is 17.2 Å². The van der Waals surface area contributed by atoms with Crippen molar-refractivity contribution in [3.63, 3.8) is 0 Å². The zero-order chi connectivity index (χ0) is 34.3. The molecule has 15 heteroatoms. The van der Waals surface area contributed by atoms with Gasteiger partial charge in [0.15, 0.2) is 5.96 Å². The van der Waals surface area contributed by atoms with Crippen LogP contribution in [0.5, 0.6) is 0 Å². The Morgan fingerprint density at radius 3 is 2.02 bits per heavy atom. The molecule has 4 amide bonds. The van der Waals surface area contributed by atoms with Crippen LogP contribution in [-0.4, -0.2) is 101 Å². The van der Waals surface area contributed by atoms with Crippen molar-refractivity contribution in [2.75, 3.05) is 19.7 Å². The van der Waals surface area contributed by atoms with Gasteiger partial charge < -0.3 is 48.3 Å². The van der Waals surface area contributed by atoms with Gasteiger partial charge in [0.05, 0.1) is 12.6 Å². The van der Waals surface area contributed by atoms with E-state index in [1.54, 1.807) is 30.3 Å². The molecule has 2 aromatic rings. The number of carbonyl (C=O) groups excluding carboxylic acids is 4. The highest BCUT2D eigenvalue weighted by Gasteiger charge is 2.39. The summed E-state index contributed by atoms with van der Waals surface area (Å²) in [6.07, 6.45) is 1.34. The molecule has 0 bridgehead atoms. The SMILES string of the molecule is NC(N)=NCCC[C@H](NC(=O)[C@H](Cc1ccccc1)NC(=O)[C@@H]1CCCN1C(=O)[C@H](CO)NC(=O)[C@@H](N)Cc1ccccc1)C(=O)O. The molecule has 1 heterocycles. The number of hydrogen-bond donors (Lipinski definition) is 8. The highest BCUT2D eigenvalue weighted by Crippen LogP contribution is 2.19. The molecule has 0 aliphatic carbocycles. The number of aliphatic carboxylic acids is 1. The van der Waals surface area contributed by atoms with Crippen LogP contribution >= 0.6 is 0 Å². The number of likely N-dealkylation sites (tertiary alicyclic amines) is 1. The van der Waals surface area contributed by atoms with Crippen LogP contribution in [0.4, 0.5) is 0 Å². The Labute approximate surface area is 273 Å². The van der Waals surface area contributed by atoms with E-state index < -0.39 is 66.4 Å². The van der Waals surface area contributed by atoms with E-state index in [0.29, 0.717) is 12.0 Å². The molecule has 15 nitrogen and oxygen atoms in total. The standard InChI is InChI=1S/C32H44N8O7/c33-22(17-20-9-3-1-4-10-20)27(42)39-25(19-41)30(45)40-16-8-14-26(40)29(44)38-24(18-21-11-5-2-6-12-21)28(43)37-23(31(46)47)13-7-15-36-32(34)35/h1-6,9-12,22-26,41H,7-8,13-19,33H2,(H,37,43)(H,38,44)(H,39,42)(H,46,47)(H4,34,35,36)/t22-,23-,24-,25-,26-/m0/s1. The molecule has 0 aromatic heterocycles. The second-order valence-corrected chi connectivity index (χ2v) is 11.3. The summed E-state index contributed by atoms with van der Waals surface area (Å²) in [5.41, 5.74) is 18.2. The molecule has 47 heavy (non-hydrogen) atoms.